The Kier molecular flexibility index (Phi) is 5.11. The predicted octanol–water partition coefficient (Wildman–Crippen LogP) is 5.88. The maximum Gasteiger partial charge on any atom is 0.335 e. The van der Waals surface area contributed by atoms with E-state index in [0.29, 0.717) is 34.9 Å². The second-order valence-corrected chi connectivity index (χ2v) is 9.38. The van der Waals surface area contributed by atoms with Crippen LogP contribution in [0.25, 0.3) is 11.2 Å². The molecular formula is C29H22FN3O3. The molecule has 0 unspecified atom stereocenters. The van der Waals surface area contributed by atoms with Crippen LogP contribution in [0.1, 0.15) is 69.7 Å². The Morgan fingerprint density at radius 1 is 1.19 bits per heavy atom. The smallest absolute Gasteiger partial charge is 0.335 e. The number of hydrogen-bond acceptors (Lipinski definition) is 4. The summed E-state index contributed by atoms with van der Waals surface area (Å²) in [5.74, 6) is -0.544. The number of ether oxygens (including phenoxy) is 1. The minimum atomic E-state index is -0.974. The molecule has 0 saturated heterocycles. The number of allylic oxidation sites excluding steroid dienone is 1. The first-order valence-corrected chi connectivity index (χ1v) is 11.8. The normalized spacial score (nSPS) is 15.9. The molecule has 0 atom stereocenters. The highest BCUT2D eigenvalue weighted by Crippen LogP contribution is 2.43. The number of aromatic nitrogens is 2. The summed E-state index contributed by atoms with van der Waals surface area (Å²) >= 11 is 0. The first kappa shape index (κ1) is 22.1. The van der Waals surface area contributed by atoms with Crippen molar-refractivity contribution in [2.24, 2.45) is 0 Å². The van der Waals surface area contributed by atoms with Crippen LogP contribution in [-0.4, -0.2) is 20.5 Å². The lowest BCUT2D eigenvalue weighted by Crippen LogP contribution is -2.02. The largest absolute Gasteiger partial charge is 0.488 e. The van der Waals surface area contributed by atoms with Crippen molar-refractivity contribution in [3.8, 4) is 11.8 Å². The van der Waals surface area contributed by atoms with Crippen molar-refractivity contribution < 1.29 is 19.0 Å². The SMILES string of the molecule is CC(C#N)=C1c2ccc(Cc3c(C4CC4)nc4cc(C(=O)O)ccn34)cc2COc2cc(F)ccc21. The molecule has 2 aliphatic rings. The lowest BCUT2D eigenvalue weighted by molar-refractivity contribution is 0.0697. The van der Waals surface area contributed by atoms with Crippen molar-refractivity contribution >= 4 is 17.2 Å². The Labute approximate surface area is 206 Å². The van der Waals surface area contributed by atoms with Gasteiger partial charge in [-0.2, -0.15) is 5.26 Å². The highest BCUT2D eigenvalue weighted by atomic mass is 19.1. The van der Waals surface area contributed by atoms with Crippen LogP contribution in [0.2, 0.25) is 0 Å². The van der Waals surface area contributed by atoms with Crippen LogP contribution < -0.4 is 4.74 Å². The van der Waals surface area contributed by atoms with Gasteiger partial charge in [0, 0.05) is 41.3 Å². The van der Waals surface area contributed by atoms with E-state index in [4.69, 9.17) is 9.72 Å². The Bertz CT molecular complexity index is 1640. The molecule has 7 heteroatoms. The minimum Gasteiger partial charge on any atom is -0.488 e. The molecule has 36 heavy (non-hydrogen) atoms. The molecule has 1 aliphatic heterocycles. The highest BCUT2D eigenvalue weighted by Gasteiger charge is 2.30. The van der Waals surface area contributed by atoms with E-state index >= 15 is 0 Å². The van der Waals surface area contributed by atoms with Gasteiger partial charge >= 0.3 is 5.97 Å². The maximum absolute atomic E-state index is 13.9. The number of pyridine rings is 1. The van der Waals surface area contributed by atoms with Gasteiger partial charge < -0.3 is 14.2 Å². The molecule has 3 heterocycles. The summed E-state index contributed by atoms with van der Waals surface area (Å²) in [6.07, 6.45) is 4.56. The summed E-state index contributed by atoms with van der Waals surface area (Å²) in [6.45, 7) is 2.02. The summed E-state index contributed by atoms with van der Waals surface area (Å²) < 4.78 is 21.9. The minimum absolute atomic E-state index is 0.215. The Hall–Kier alpha value is -4.44. The van der Waals surface area contributed by atoms with Gasteiger partial charge in [0.15, 0.2) is 0 Å². The van der Waals surface area contributed by atoms with E-state index in [-0.39, 0.29) is 18.0 Å². The Balaban J connectivity index is 1.43. The number of nitrogens with zero attached hydrogens (tertiary/aromatic N) is 3. The quantitative estimate of drug-likeness (QED) is 0.370. The summed E-state index contributed by atoms with van der Waals surface area (Å²) in [5, 5.41) is 19.1. The lowest BCUT2D eigenvalue weighted by Gasteiger charge is -2.13. The van der Waals surface area contributed by atoms with E-state index in [9.17, 15) is 19.6 Å². The highest BCUT2D eigenvalue weighted by molar-refractivity contribution is 5.89. The summed E-state index contributed by atoms with van der Waals surface area (Å²) in [6, 6.07) is 16.0. The fraction of sp³-hybridized carbons (Fsp3) is 0.207. The molecule has 1 aliphatic carbocycles. The molecule has 1 saturated carbocycles. The van der Waals surface area contributed by atoms with Gasteiger partial charge in [0.2, 0.25) is 0 Å². The van der Waals surface area contributed by atoms with Crippen molar-refractivity contribution in [1.29, 1.82) is 5.26 Å². The molecule has 6 nitrogen and oxygen atoms in total. The third-order valence-electron chi connectivity index (χ3n) is 6.92. The topological polar surface area (TPSA) is 87.6 Å². The van der Waals surface area contributed by atoms with Crippen molar-refractivity contribution in [2.75, 3.05) is 0 Å². The predicted molar refractivity (Wildman–Crippen MR) is 131 cm³/mol. The zero-order valence-electron chi connectivity index (χ0n) is 19.6. The molecule has 2 aromatic carbocycles. The van der Waals surface area contributed by atoms with Crippen LogP contribution in [0.3, 0.4) is 0 Å². The average Bonchev–Trinajstić information content (AvgIpc) is 3.68. The van der Waals surface area contributed by atoms with Gasteiger partial charge in [-0.05, 0) is 60.7 Å². The lowest BCUT2D eigenvalue weighted by atomic mass is 9.89. The number of nitriles is 1. The molecule has 1 fully saturated rings. The fourth-order valence-electron chi connectivity index (χ4n) is 5.00. The van der Waals surface area contributed by atoms with E-state index in [1.54, 1.807) is 31.3 Å². The van der Waals surface area contributed by atoms with Gasteiger partial charge in [-0.1, -0.05) is 18.2 Å². The van der Waals surface area contributed by atoms with Crippen LogP contribution in [-0.2, 0) is 13.0 Å². The monoisotopic (exact) mass is 479 g/mol. The van der Waals surface area contributed by atoms with Gasteiger partial charge in [-0.25, -0.2) is 14.2 Å². The zero-order valence-corrected chi connectivity index (χ0v) is 19.6. The fourth-order valence-corrected chi connectivity index (χ4v) is 5.00. The number of rotatable bonds is 4. The van der Waals surface area contributed by atoms with E-state index in [1.807, 2.05) is 16.5 Å². The van der Waals surface area contributed by atoms with E-state index < -0.39 is 5.97 Å². The first-order valence-electron chi connectivity index (χ1n) is 11.8. The van der Waals surface area contributed by atoms with E-state index in [2.05, 4.69) is 12.1 Å². The number of carbonyl (C=O) groups is 1. The third-order valence-corrected chi connectivity index (χ3v) is 6.92. The summed E-state index contributed by atoms with van der Waals surface area (Å²) in [5.41, 5.74) is 7.78. The van der Waals surface area contributed by atoms with E-state index in [1.165, 1.54) is 12.1 Å². The molecule has 178 valence electrons. The molecule has 4 aromatic rings. The average molecular weight is 480 g/mol. The molecule has 0 spiro atoms. The molecule has 2 aromatic heterocycles. The Morgan fingerprint density at radius 2 is 2.00 bits per heavy atom. The molecule has 0 bridgehead atoms. The second-order valence-electron chi connectivity index (χ2n) is 9.38. The number of imidazole rings is 1. The molecule has 6 rings (SSSR count). The van der Waals surface area contributed by atoms with Crippen molar-refractivity contribution in [3.05, 3.63) is 105 Å². The van der Waals surface area contributed by atoms with Gasteiger partial charge in [-0.3, -0.25) is 0 Å². The molecule has 1 N–H and O–H groups in total. The number of hydrogen-bond donors (Lipinski definition) is 1. The molecule has 0 amide bonds. The summed E-state index contributed by atoms with van der Waals surface area (Å²) in [7, 11) is 0. The summed E-state index contributed by atoms with van der Waals surface area (Å²) in [4.78, 5) is 16.2. The van der Waals surface area contributed by atoms with Crippen LogP contribution in [0.4, 0.5) is 4.39 Å². The van der Waals surface area contributed by atoms with Gasteiger partial charge in [-0.15, -0.1) is 0 Å². The van der Waals surface area contributed by atoms with Crippen molar-refractivity contribution in [2.45, 2.75) is 38.7 Å². The third kappa shape index (κ3) is 3.72. The number of carboxylic acids is 1. The van der Waals surface area contributed by atoms with Gasteiger partial charge in [0.1, 0.15) is 23.8 Å². The standard InChI is InChI=1S/C29H22FN3O3/c1-16(14-31)27-22-6-2-17(10-20(22)15-36-25-13-21(30)5-7-23(25)27)11-24-28(18-3-4-18)32-26-12-19(29(34)35)8-9-33(24)26/h2,5-10,12-13,18H,3-4,11,15H2,1H3,(H,34,35). The van der Waals surface area contributed by atoms with Crippen molar-refractivity contribution in [1.82, 2.24) is 9.38 Å². The van der Waals surface area contributed by atoms with Crippen LogP contribution in [0.5, 0.6) is 5.75 Å². The second kappa shape index (κ2) is 8.35. The first-order chi connectivity index (χ1) is 17.4. The zero-order chi connectivity index (χ0) is 25.0. The number of fused-ring (bicyclic) bond motifs is 3. The van der Waals surface area contributed by atoms with Crippen LogP contribution >= 0.6 is 0 Å². The maximum atomic E-state index is 13.9. The van der Waals surface area contributed by atoms with Crippen molar-refractivity contribution in [3.63, 3.8) is 0 Å². The Morgan fingerprint density at radius 3 is 2.75 bits per heavy atom. The van der Waals surface area contributed by atoms with Crippen LogP contribution in [0.15, 0.2) is 60.3 Å². The molecule has 0 radical (unpaired) electrons. The number of halogens is 1. The number of carboxylic acid groups (broad SMARTS) is 1. The number of benzene rings is 2. The van der Waals surface area contributed by atoms with Gasteiger partial charge in [0.25, 0.3) is 0 Å². The van der Waals surface area contributed by atoms with E-state index in [0.717, 1.165) is 46.5 Å². The molecular weight excluding hydrogens is 457 g/mol. The van der Waals surface area contributed by atoms with Gasteiger partial charge in [0.05, 0.1) is 23.0 Å². The number of aromatic carboxylic acids is 1. The van der Waals surface area contributed by atoms with Crippen LogP contribution in [0, 0.1) is 17.1 Å².